The van der Waals surface area contributed by atoms with Gasteiger partial charge < -0.3 is 0 Å². The van der Waals surface area contributed by atoms with Crippen molar-refractivity contribution in [3.05, 3.63) is 0 Å². The molecule has 0 radical (unpaired) electrons. The second kappa shape index (κ2) is 6.99. The second-order valence-corrected chi connectivity index (χ2v) is 3.23. The molecule has 0 heterocycles. The van der Waals surface area contributed by atoms with Gasteiger partial charge in [0.1, 0.15) is 0 Å². The summed E-state index contributed by atoms with van der Waals surface area (Å²) < 4.78 is 0. The molecule has 0 aromatic carbocycles. The third-order valence-corrected chi connectivity index (χ3v) is 2.03. The summed E-state index contributed by atoms with van der Waals surface area (Å²) in [5.74, 6) is 2.12. The quantitative estimate of drug-likeness (QED) is 0.370. The Kier molecular flexibility index (Phi) is 7.98. The van der Waals surface area contributed by atoms with Crippen molar-refractivity contribution in [3.8, 4) is 0 Å². The first kappa shape index (κ1) is 7.99. The molecule has 0 aliphatic carbocycles. The summed E-state index contributed by atoms with van der Waals surface area (Å²) in [7, 11) is 0. The Balaban J connectivity index is 2.45. The van der Waals surface area contributed by atoms with E-state index in [0.29, 0.717) is 5.21 Å². The third-order valence-electron chi connectivity index (χ3n) is 0.524. The number of rotatable bonds is 4. The molecule has 44 valence electrons. The highest BCUT2D eigenvalue weighted by Crippen LogP contribution is 2.03. The fourth-order valence-electron chi connectivity index (χ4n) is 0.221. The maximum absolute atomic E-state index is 5.38. The Labute approximate surface area is 59.4 Å². The molecule has 0 aromatic rings. The molecule has 7 heavy (non-hydrogen) atoms. The van der Waals surface area contributed by atoms with Gasteiger partial charge in [0, 0.05) is 0 Å². The van der Waals surface area contributed by atoms with Gasteiger partial charge in [-0.05, 0) is 17.9 Å². The minimum absolute atomic E-state index is 0.716. The van der Waals surface area contributed by atoms with Crippen molar-refractivity contribution in [3.63, 3.8) is 0 Å². The van der Waals surface area contributed by atoms with Crippen molar-refractivity contribution < 1.29 is 0 Å². The normalized spacial score (nSPS) is 9.43. The number of alkyl halides is 1. The summed E-state index contributed by atoms with van der Waals surface area (Å²) in [4.78, 5) is 0. The minimum atomic E-state index is 0.716. The Hall–Kier alpha value is 0.990. The number of hydrogen-bond donors (Lipinski definition) is 1. The fraction of sp³-hybridized carbons (Fsp3) is 1.00. The molecule has 0 saturated heterocycles. The Morgan fingerprint density at radius 3 is 2.71 bits per heavy atom. The number of thiol groups is 1. The van der Waals surface area contributed by atoms with Crippen molar-refractivity contribution in [2.45, 2.75) is 6.42 Å². The van der Waals surface area contributed by atoms with Crippen LogP contribution in [0.2, 0.25) is 0 Å². The molecule has 0 N–H and O–H groups in total. The van der Waals surface area contributed by atoms with Gasteiger partial charge in [-0.25, -0.2) is 0 Å². The maximum atomic E-state index is 5.38. The van der Waals surface area contributed by atoms with Crippen LogP contribution in [0, 0.1) is 0 Å². The van der Waals surface area contributed by atoms with Crippen LogP contribution >= 0.6 is 36.0 Å². The van der Waals surface area contributed by atoms with Crippen LogP contribution in [-0.4, -0.2) is 16.7 Å². The highest BCUT2D eigenvalue weighted by Gasteiger charge is 1.81. The average molecular weight is 157 g/mol. The van der Waals surface area contributed by atoms with Gasteiger partial charge in [0.25, 0.3) is 0 Å². The summed E-state index contributed by atoms with van der Waals surface area (Å²) in [5, 5.41) is 0.716. The molecule has 0 fully saturated rings. The topological polar surface area (TPSA) is 0 Å². The summed E-state index contributed by atoms with van der Waals surface area (Å²) in [6.07, 6.45) is 1.17. The van der Waals surface area contributed by atoms with Gasteiger partial charge in [0.2, 0.25) is 0 Å². The lowest BCUT2D eigenvalue weighted by Crippen LogP contribution is -1.78. The Morgan fingerprint density at radius 2 is 2.29 bits per heavy atom. The number of halogens is 1. The fourth-order valence-corrected chi connectivity index (χ4v) is 1.38. The van der Waals surface area contributed by atoms with E-state index in [0.717, 1.165) is 11.5 Å². The number of thioether (sulfide) groups is 1. The Morgan fingerprint density at radius 1 is 1.57 bits per heavy atom. The highest BCUT2D eigenvalue weighted by atomic mass is 35.5. The SMILES string of the molecule is SCCCSCCl. The molecule has 0 aliphatic rings. The summed E-state index contributed by atoms with van der Waals surface area (Å²) >= 11 is 11.2. The molecule has 0 aliphatic heterocycles. The van der Waals surface area contributed by atoms with Crippen molar-refractivity contribution in [1.29, 1.82) is 0 Å². The standard InChI is InChI=1S/C4H9ClS2/c5-4-7-3-1-2-6/h6H,1-4H2. The first-order valence-corrected chi connectivity index (χ1v) is 4.48. The van der Waals surface area contributed by atoms with Crippen molar-refractivity contribution in [1.82, 2.24) is 0 Å². The second-order valence-electron chi connectivity index (χ2n) is 1.09. The molecule has 0 nitrogen and oxygen atoms in total. The van der Waals surface area contributed by atoms with Crippen molar-refractivity contribution in [2.75, 3.05) is 16.7 Å². The van der Waals surface area contributed by atoms with Crippen LogP contribution in [0.4, 0.5) is 0 Å². The van der Waals surface area contributed by atoms with Gasteiger partial charge in [-0.2, -0.15) is 12.6 Å². The van der Waals surface area contributed by atoms with Gasteiger partial charge >= 0.3 is 0 Å². The maximum Gasteiger partial charge on any atom is 0.0680 e. The highest BCUT2D eigenvalue weighted by molar-refractivity contribution is 8.00. The molecule has 0 atom stereocenters. The molecule has 0 unspecified atom stereocenters. The summed E-state index contributed by atoms with van der Waals surface area (Å²) in [6, 6.07) is 0. The summed E-state index contributed by atoms with van der Waals surface area (Å²) in [5.41, 5.74) is 0. The van der Waals surface area contributed by atoms with Gasteiger partial charge in [0.15, 0.2) is 0 Å². The van der Waals surface area contributed by atoms with E-state index < -0.39 is 0 Å². The zero-order valence-electron chi connectivity index (χ0n) is 4.06. The van der Waals surface area contributed by atoms with Crippen LogP contribution in [0.25, 0.3) is 0 Å². The monoisotopic (exact) mass is 156 g/mol. The van der Waals surface area contributed by atoms with Gasteiger partial charge in [-0.1, -0.05) is 0 Å². The van der Waals surface area contributed by atoms with E-state index in [4.69, 9.17) is 11.6 Å². The molecular formula is C4H9ClS2. The van der Waals surface area contributed by atoms with E-state index in [9.17, 15) is 0 Å². The van der Waals surface area contributed by atoms with E-state index in [1.165, 1.54) is 6.42 Å². The molecular weight excluding hydrogens is 148 g/mol. The third kappa shape index (κ3) is 6.99. The predicted octanol–water partition coefficient (Wildman–Crippen LogP) is 2.24. The lowest BCUT2D eigenvalue weighted by Gasteiger charge is -1.89. The first-order valence-electron chi connectivity index (χ1n) is 2.16. The smallest absolute Gasteiger partial charge is 0.0680 e. The van der Waals surface area contributed by atoms with E-state index in [1.54, 1.807) is 11.8 Å². The average Bonchev–Trinajstić information content (AvgIpc) is 1.69. The van der Waals surface area contributed by atoms with E-state index in [1.807, 2.05) is 0 Å². The molecule has 0 rings (SSSR count). The zero-order valence-corrected chi connectivity index (χ0v) is 6.53. The van der Waals surface area contributed by atoms with E-state index >= 15 is 0 Å². The largest absolute Gasteiger partial charge is 0.179 e. The van der Waals surface area contributed by atoms with Crippen LogP contribution < -0.4 is 0 Å². The summed E-state index contributed by atoms with van der Waals surface area (Å²) in [6.45, 7) is 0. The lowest BCUT2D eigenvalue weighted by atomic mass is 10.6. The molecule has 0 amide bonds. The minimum Gasteiger partial charge on any atom is -0.179 e. The van der Waals surface area contributed by atoms with Gasteiger partial charge in [-0.3, -0.25) is 0 Å². The van der Waals surface area contributed by atoms with E-state index in [-0.39, 0.29) is 0 Å². The van der Waals surface area contributed by atoms with Crippen LogP contribution in [0.3, 0.4) is 0 Å². The Bertz CT molecular complexity index is 28.9. The number of hydrogen-bond acceptors (Lipinski definition) is 2. The van der Waals surface area contributed by atoms with Gasteiger partial charge in [0.05, 0.1) is 5.21 Å². The molecule has 0 saturated carbocycles. The molecule has 0 aromatic heterocycles. The molecule has 0 bridgehead atoms. The van der Waals surface area contributed by atoms with Crippen LogP contribution in [0.5, 0.6) is 0 Å². The van der Waals surface area contributed by atoms with Crippen molar-refractivity contribution >= 4 is 36.0 Å². The van der Waals surface area contributed by atoms with Crippen molar-refractivity contribution in [2.24, 2.45) is 0 Å². The van der Waals surface area contributed by atoms with Crippen LogP contribution in [-0.2, 0) is 0 Å². The van der Waals surface area contributed by atoms with Crippen LogP contribution in [0.1, 0.15) is 6.42 Å². The first-order chi connectivity index (χ1) is 3.41. The lowest BCUT2D eigenvalue weighted by molar-refractivity contribution is 1.13. The predicted molar refractivity (Wildman–Crippen MR) is 41.6 cm³/mol. The van der Waals surface area contributed by atoms with E-state index in [2.05, 4.69) is 12.6 Å². The van der Waals surface area contributed by atoms with Gasteiger partial charge in [-0.15, -0.1) is 23.4 Å². The molecule has 3 heteroatoms. The van der Waals surface area contributed by atoms with Crippen LogP contribution in [0.15, 0.2) is 0 Å². The zero-order chi connectivity index (χ0) is 5.54. The molecule has 0 spiro atoms.